The molecule has 5 heteroatoms. The smallest absolute Gasteiger partial charge is 0.185 e. The number of quaternary nitrogens is 1. The third-order valence-corrected chi connectivity index (χ3v) is 5.67. The third-order valence-electron chi connectivity index (χ3n) is 4.70. The van der Waals surface area contributed by atoms with Crippen molar-refractivity contribution in [2.24, 2.45) is 0 Å². The highest BCUT2D eigenvalue weighted by atomic mass is 32.1. The van der Waals surface area contributed by atoms with Gasteiger partial charge in [0.2, 0.25) is 0 Å². The minimum atomic E-state index is -0.314. The van der Waals surface area contributed by atoms with Gasteiger partial charge in [0.1, 0.15) is 5.82 Å². The van der Waals surface area contributed by atoms with Crippen LogP contribution in [-0.4, -0.2) is 38.5 Å². The van der Waals surface area contributed by atoms with Crippen molar-refractivity contribution in [3.63, 3.8) is 0 Å². The Hall–Kier alpha value is -1.98. The molecule has 1 saturated heterocycles. The van der Waals surface area contributed by atoms with Crippen LogP contribution in [0, 0.1) is 12.7 Å². The van der Waals surface area contributed by atoms with Crippen LogP contribution < -0.4 is 9.80 Å². The number of thiophene rings is 1. The lowest BCUT2D eigenvalue weighted by Crippen LogP contribution is -3.14. The molecule has 3 rings (SSSR count). The Labute approximate surface area is 152 Å². The second-order valence-corrected chi connectivity index (χ2v) is 7.72. The van der Waals surface area contributed by atoms with Gasteiger partial charge in [0, 0.05) is 15.3 Å². The van der Waals surface area contributed by atoms with Gasteiger partial charge in [-0.2, -0.15) is 0 Å². The third kappa shape index (κ3) is 4.35. The fourth-order valence-corrected chi connectivity index (χ4v) is 3.91. The standard InChI is InChI=1S/C20H23FN2OS/c1-3-22-10-12-23(13-11-22)19-8-5-16(14-18(19)21)20(24)9-7-17-6-4-15(2)25-17/h4-9,14H,3,10-13H2,1-2H3/p+1/b9-7+. The van der Waals surface area contributed by atoms with Crippen molar-refractivity contribution in [1.82, 2.24) is 0 Å². The first-order chi connectivity index (χ1) is 12.1. The maximum atomic E-state index is 14.5. The van der Waals surface area contributed by atoms with E-state index in [1.54, 1.807) is 34.4 Å². The van der Waals surface area contributed by atoms with Crippen LogP contribution in [0.5, 0.6) is 0 Å². The highest BCUT2D eigenvalue weighted by Crippen LogP contribution is 2.22. The second-order valence-electron chi connectivity index (χ2n) is 6.40. The average molecular weight is 359 g/mol. The summed E-state index contributed by atoms with van der Waals surface area (Å²) in [6.45, 7) is 9.08. The lowest BCUT2D eigenvalue weighted by molar-refractivity contribution is -0.898. The molecule has 3 nitrogen and oxygen atoms in total. The second kappa shape index (κ2) is 7.93. The van der Waals surface area contributed by atoms with Crippen LogP contribution in [0.4, 0.5) is 10.1 Å². The molecule has 25 heavy (non-hydrogen) atoms. The summed E-state index contributed by atoms with van der Waals surface area (Å²) in [6, 6.07) is 8.82. The normalized spacial score (nSPS) is 15.9. The highest BCUT2D eigenvalue weighted by molar-refractivity contribution is 7.12. The number of nitrogens with zero attached hydrogens (tertiary/aromatic N) is 1. The molecule has 0 bridgehead atoms. The summed E-state index contributed by atoms with van der Waals surface area (Å²) >= 11 is 1.63. The summed E-state index contributed by atoms with van der Waals surface area (Å²) in [5, 5.41) is 0. The lowest BCUT2D eigenvalue weighted by atomic mass is 10.1. The first kappa shape index (κ1) is 17.8. The zero-order valence-electron chi connectivity index (χ0n) is 14.7. The Morgan fingerprint density at radius 1 is 1.28 bits per heavy atom. The van der Waals surface area contributed by atoms with Gasteiger partial charge in [-0.1, -0.05) is 0 Å². The number of likely N-dealkylation sites (N-methyl/N-ethyl adjacent to an activating group) is 1. The number of allylic oxidation sites excluding steroid dienone is 1. The molecule has 132 valence electrons. The van der Waals surface area contributed by atoms with E-state index in [9.17, 15) is 9.18 Å². The van der Waals surface area contributed by atoms with Crippen LogP contribution in [0.25, 0.3) is 6.08 Å². The molecule has 1 aliphatic rings. The van der Waals surface area contributed by atoms with Crippen molar-refractivity contribution < 1.29 is 14.1 Å². The van der Waals surface area contributed by atoms with Crippen molar-refractivity contribution >= 4 is 28.9 Å². The van der Waals surface area contributed by atoms with Gasteiger partial charge in [0.05, 0.1) is 38.4 Å². The molecule has 1 aromatic heterocycles. The molecule has 2 aromatic rings. The van der Waals surface area contributed by atoms with Crippen LogP contribution in [0.1, 0.15) is 27.0 Å². The van der Waals surface area contributed by atoms with Crippen LogP contribution in [0.3, 0.4) is 0 Å². The van der Waals surface area contributed by atoms with Crippen molar-refractivity contribution in [1.29, 1.82) is 0 Å². The zero-order chi connectivity index (χ0) is 17.8. The van der Waals surface area contributed by atoms with Gasteiger partial charge in [-0.15, -0.1) is 11.3 Å². The minimum Gasteiger partial charge on any atom is -0.358 e. The van der Waals surface area contributed by atoms with Crippen LogP contribution >= 0.6 is 11.3 Å². The van der Waals surface area contributed by atoms with E-state index in [1.165, 1.54) is 17.0 Å². The Morgan fingerprint density at radius 3 is 2.64 bits per heavy atom. The number of nitrogens with one attached hydrogen (secondary N) is 1. The van der Waals surface area contributed by atoms with Crippen molar-refractivity contribution in [2.75, 3.05) is 37.6 Å². The predicted molar refractivity (Wildman–Crippen MR) is 102 cm³/mol. The molecule has 0 radical (unpaired) electrons. The summed E-state index contributed by atoms with van der Waals surface area (Å²) < 4.78 is 14.5. The van der Waals surface area contributed by atoms with E-state index in [0.717, 1.165) is 37.6 Å². The number of carbonyl (C=O) groups excluding carboxylic acids is 1. The monoisotopic (exact) mass is 359 g/mol. The van der Waals surface area contributed by atoms with E-state index in [4.69, 9.17) is 0 Å². The van der Waals surface area contributed by atoms with Gasteiger partial charge in [0.25, 0.3) is 0 Å². The van der Waals surface area contributed by atoms with Crippen molar-refractivity contribution in [3.8, 4) is 0 Å². The number of rotatable bonds is 5. The molecule has 1 aromatic carbocycles. The van der Waals surface area contributed by atoms with Crippen molar-refractivity contribution in [3.05, 3.63) is 57.5 Å². The number of benzene rings is 1. The van der Waals surface area contributed by atoms with E-state index in [0.29, 0.717) is 11.3 Å². The Kier molecular flexibility index (Phi) is 5.66. The molecule has 0 spiro atoms. The molecule has 0 unspecified atom stereocenters. The fourth-order valence-electron chi connectivity index (χ4n) is 3.13. The topological polar surface area (TPSA) is 24.8 Å². The van der Waals surface area contributed by atoms with Crippen LogP contribution in [0.2, 0.25) is 0 Å². The number of hydrogen-bond acceptors (Lipinski definition) is 3. The molecule has 0 amide bonds. The first-order valence-electron chi connectivity index (χ1n) is 8.73. The molecule has 2 heterocycles. The SMILES string of the molecule is CC[NH+]1CCN(c2ccc(C(=O)/C=C/c3ccc(C)s3)cc2F)CC1. The molecule has 1 fully saturated rings. The van der Waals surface area contributed by atoms with E-state index < -0.39 is 0 Å². The molecule has 0 aliphatic carbocycles. The first-order valence-corrected chi connectivity index (χ1v) is 9.55. The summed E-state index contributed by atoms with van der Waals surface area (Å²) in [7, 11) is 0. The quantitative estimate of drug-likeness (QED) is 0.656. The molecule has 1 aliphatic heterocycles. The average Bonchev–Trinajstić information content (AvgIpc) is 3.05. The fraction of sp³-hybridized carbons (Fsp3) is 0.350. The van der Waals surface area contributed by atoms with Gasteiger partial charge < -0.3 is 9.80 Å². The molecule has 0 atom stereocenters. The highest BCUT2D eigenvalue weighted by Gasteiger charge is 2.21. The lowest BCUT2D eigenvalue weighted by Gasteiger charge is -2.33. The summed E-state index contributed by atoms with van der Waals surface area (Å²) in [4.78, 5) is 18.1. The Morgan fingerprint density at radius 2 is 2.04 bits per heavy atom. The number of anilines is 1. The van der Waals surface area contributed by atoms with Gasteiger partial charge >= 0.3 is 0 Å². The Bertz CT molecular complexity index is 776. The van der Waals surface area contributed by atoms with Crippen LogP contribution in [0.15, 0.2) is 36.4 Å². The summed E-state index contributed by atoms with van der Waals surface area (Å²) in [5.41, 5.74) is 0.994. The summed E-state index contributed by atoms with van der Waals surface area (Å²) in [5.74, 6) is -0.483. The Balaban J connectivity index is 1.69. The van der Waals surface area contributed by atoms with Gasteiger partial charge in [0.15, 0.2) is 5.78 Å². The van der Waals surface area contributed by atoms with Gasteiger partial charge in [-0.25, -0.2) is 4.39 Å². The van der Waals surface area contributed by atoms with Crippen LogP contribution in [-0.2, 0) is 0 Å². The zero-order valence-corrected chi connectivity index (χ0v) is 15.5. The predicted octanol–water partition coefficient (Wildman–Crippen LogP) is 2.82. The maximum Gasteiger partial charge on any atom is 0.185 e. The number of piperazine rings is 1. The number of carbonyl (C=O) groups is 1. The van der Waals surface area contributed by atoms with Gasteiger partial charge in [-0.05, 0) is 56.3 Å². The number of aryl methyl sites for hydroxylation is 1. The van der Waals surface area contributed by atoms with Gasteiger partial charge in [-0.3, -0.25) is 4.79 Å². The van der Waals surface area contributed by atoms with E-state index in [1.807, 2.05) is 19.1 Å². The van der Waals surface area contributed by atoms with E-state index in [2.05, 4.69) is 11.8 Å². The molecule has 0 saturated carbocycles. The van der Waals surface area contributed by atoms with E-state index >= 15 is 0 Å². The summed E-state index contributed by atoms with van der Waals surface area (Å²) in [6.07, 6.45) is 3.31. The molecule has 1 N–H and O–H groups in total. The maximum absolute atomic E-state index is 14.5. The van der Waals surface area contributed by atoms with E-state index in [-0.39, 0.29) is 11.6 Å². The number of ketones is 1. The number of halogens is 1. The minimum absolute atomic E-state index is 0.170. The molecular weight excluding hydrogens is 335 g/mol. The largest absolute Gasteiger partial charge is 0.358 e. The van der Waals surface area contributed by atoms with Crippen molar-refractivity contribution in [2.45, 2.75) is 13.8 Å². The number of hydrogen-bond donors (Lipinski definition) is 1. The molecular formula is C20H24FN2OS+.